The predicted octanol–water partition coefficient (Wildman–Crippen LogP) is 5.89. The van der Waals surface area contributed by atoms with Gasteiger partial charge in [0.05, 0.1) is 10.4 Å². The maximum Gasteiger partial charge on any atom is 0.243 e. The van der Waals surface area contributed by atoms with E-state index in [9.17, 15) is 8.42 Å². The number of sulfonamides is 1. The van der Waals surface area contributed by atoms with Gasteiger partial charge in [0.25, 0.3) is 0 Å². The second-order valence-corrected chi connectivity index (χ2v) is 13.1. The monoisotopic (exact) mass is 527 g/mol. The molecule has 0 fully saturated rings. The maximum absolute atomic E-state index is 14.1. The Morgan fingerprint density at radius 2 is 1.53 bits per heavy atom. The minimum atomic E-state index is -3.84. The molecule has 0 unspecified atom stereocenters. The number of nitrogens with zero attached hydrogens (tertiary/aromatic N) is 5. The topological polar surface area (TPSA) is 80.5 Å². The van der Waals surface area contributed by atoms with Crippen molar-refractivity contribution in [3.05, 3.63) is 100 Å². The molecule has 0 amide bonds. The molecule has 0 bridgehead atoms. The molecule has 0 atom stereocenters. The molecule has 3 aromatic carbocycles. The van der Waals surface area contributed by atoms with Crippen LogP contribution >= 0.6 is 0 Å². The third kappa shape index (κ3) is 4.93. The van der Waals surface area contributed by atoms with Crippen LogP contribution in [0.5, 0.6) is 0 Å². The highest BCUT2D eigenvalue weighted by Crippen LogP contribution is 2.29. The average Bonchev–Trinajstić information content (AvgIpc) is 3.34. The number of aryl methyl sites for hydroxylation is 3. The van der Waals surface area contributed by atoms with Crippen LogP contribution in [0.4, 0.5) is 0 Å². The first-order valence-corrected chi connectivity index (χ1v) is 14.1. The highest BCUT2D eigenvalue weighted by Gasteiger charge is 2.27. The van der Waals surface area contributed by atoms with E-state index in [1.165, 1.54) is 4.31 Å². The Bertz CT molecular complexity index is 1730. The zero-order chi connectivity index (χ0) is 27.2. The van der Waals surface area contributed by atoms with Crippen LogP contribution in [0.15, 0.2) is 71.6 Å². The lowest BCUT2D eigenvalue weighted by Crippen LogP contribution is -2.30. The van der Waals surface area contributed by atoms with Crippen molar-refractivity contribution in [2.45, 2.75) is 64.9 Å². The first-order valence-electron chi connectivity index (χ1n) is 12.7. The molecular weight excluding hydrogens is 494 g/mol. The molecule has 0 N–H and O–H groups in total. The fourth-order valence-electron chi connectivity index (χ4n) is 4.89. The number of hydrogen-bond acceptors (Lipinski definition) is 5. The van der Waals surface area contributed by atoms with E-state index < -0.39 is 10.0 Å². The summed E-state index contributed by atoms with van der Waals surface area (Å²) in [7, 11) is -3.84. The van der Waals surface area contributed by atoms with Crippen LogP contribution in [-0.2, 0) is 28.5 Å². The summed E-state index contributed by atoms with van der Waals surface area (Å²) in [5.41, 5.74) is 7.45. The Labute approximate surface area is 224 Å². The van der Waals surface area contributed by atoms with E-state index in [1.807, 2.05) is 63.2 Å². The van der Waals surface area contributed by atoms with Crippen LogP contribution in [0, 0.1) is 20.8 Å². The van der Waals surface area contributed by atoms with Gasteiger partial charge in [0.15, 0.2) is 5.65 Å². The molecule has 0 aliphatic rings. The number of rotatable bonds is 6. The summed E-state index contributed by atoms with van der Waals surface area (Å²) in [4.78, 5) is 0.265. The number of fused-ring (bicyclic) bond motifs is 3. The molecule has 38 heavy (non-hydrogen) atoms. The summed E-state index contributed by atoms with van der Waals surface area (Å²) >= 11 is 0. The van der Waals surface area contributed by atoms with Gasteiger partial charge in [0.1, 0.15) is 0 Å². The van der Waals surface area contributed by atoms with Gasteiger partial charge in [-0.2, -0.15) is 8.82 Å². The number of benzene rings is 3. The smallest absolute Gasteiger partial charge is 0.207 e. The first kappa shape index (κ1) is 26.0. The summed E-state index contributed by atoms with van der Waals surface area (Å²) in [6.07, 6.45) is 0. The summed E-state index contributed by atoms with van der Waals surface area (Å²) in [5, 5.41) is 13.4. The van der Waals surface area contributed by atoms with Crippen molar-refractivity contribution >= 4 is 26.6 Å². The second kappa shape index (κ2) is 9.60. The van der Waals surface area contributed by atoms with Gasteiger partial charge >= 0.3 is 0 Å². The Hall–Kier alpha value is -3.62. The molecule has 5 rings (SSSR count). The third-order valence-electron chi connectivity index (χ3n) is 6.96. The van der Waals surface area contributed by atoms with Crippen LogP contribution in [0.25, 0.3) is 16.6 Å². The van der Waals surface area contributed by atoms with Gasteiger partial charge in [-0.05, 0) is 77.6 Å². The zero-order valence-corrected chi connectivity index (χ0v) is 23.5. The molecule has 2 heterocycles. The molecule has 0 saturated heterocycles. The summed E-state index contributed by atoms with van der Waals surface area (Å²) in [6.45, 7) is 12.8. The molecule has 0 saturated carbocycles. The normalized spacial score (nSPS) is 12.6. The van der Waals surface area contributed by atoms with E-state index in [0.29, 0.717) is 5.65 Å². The lowest BCUT2D eigenvalue weighted by Gasteiger charge is -2.24. The molecule has 5 aromatic rings. The van der Waals surface area contributed by atoms with E-state index in [4.69, 9.17) is 0 Å². The minimum absolute atomic E-state index is 0.0719. The SMILES string of the molecule is Cc1ccc(CN(Cc2cc3cc(C)cc(C)c3n3nnnc23)S(=O)(=O)c2ccc(C(C)(C)C)cc2)cc1. The Balaban J connectivity index is 1.62. The summed E-state index contributed by atoms with van der Waals surface area (Å²) in [6, 6.07) is 21.4. The van der Waals surface area contributed by atoms with Gasteiger partial charge in [-0.15, -0.1) is 5.10 Å². The van der Waals surface area contributed by atoms with Crippen molar-refractivity contribution in [2.75, 3.05) is 0 Å². The van der Waals surface area contributed by atoms with Gasteiger partial charge < -0.3 is 0 Å². The first-order chi connectivity index (χ1) is 17.9. The minimum Gasteiger partial charge on any atom is -0.207 e. The molecule has 0 spiro atoms. The van der Waals surface area contributed by atoms with Crippen molar-refractivity contribution in [1.29, 1.82) is 0 Å². The van der Waals surface area contributed by atoms with E-state index in [0.717, 1.165) is 44.3 Å². The van der Waals surface area contributed by atoms with Gasteiger partial charge in [-0.1, -0.05) is 74.4 Å². The molecular formula is C30H33N5O2S. The largest absolute Gasteiger partial charge is 0.243 e. The van der Waals surface area contributed by atoms with Gasteiger partial charge in [-0.3, -0.25) is 0 Å². The Morgan fingerprint density at radius 1 is 0.842 bits per heavy atom. The fourth-order valence-corrected chi connectivity index (χ4v) is 6.29. The molecule has 196 valence electrons. The lowest BCUT2D eigenvalue weighted by atomic mass is 9.87. The lowest BCUT2D eigenvalue weighted by molar-refractivity contribution is 0.401. The summed E-state index contributed by atoms with van der Waals surface area (Å²) in [5.74, 6) is 0. The Kier molecular flexibility index (Phi) is 6.57. The van der Waals surface area contributed by atoms with Crippen LogP contribution in [0.1, 0.15) is 54.2 Å². The van der Waals surface area contributed by atoms with Crippen LogP contribution in [-0.4, -0.2) is 32.8 Å². The molecule has 0 aliphatic heterocycles. The van der Waals surface area contributed by atoms with Crippen molar-refractivity contribution in [3.63, 3.8) is 0 Å². The second-order valence-electron chi connectivity index (χ2n) is 11.1. The Morgan fingerprint density at radius 3 is 2.18 bits per heavy atom. The number of tetrazole rings is 1. The predicted molar refractivity (Wildman–Crippen MR) is 151 cm³/mol. The van der Waals surface area contributed by atoms with E-state index in [-0.39, 0.29) is 23.4 Å². The number of aromatic nitrogens is 4. The molecule has 0 radical (unpaired) electrons. The zero-order valence-electron chi connectivity index (χ0n) is 22.7. The van der Waals surface area contributed by atoms with Crippen LogP contribution in [0.3, 0.4) is 0 Å². The summed E-state index contributed by atoms with van der Waals surface area (Å²) < 4.78 is 31.4. The molecule has 2 aromatic heterocycles. The average molecular weight is 528 g/mol. The van der Waals surface area contributed by atoms with Crippen molar-refractivity contribution in [3.8, 4) is 0 Å². The molecule has 8 heteroatoms. The van der Waals surface area contributed by atoms with Crippen molar-refractivity contribution in [1.82, 2.24) is 24.3 Å². The van der Waals surface area contributed by atoms with E-state index in [2.05, 4.69) is 48.4 Å². The van der Waals surface area contributed by atoms with Gasteiger partial charge in [0, 0.05) is 24.0 Å². The van der Waals surface area contributed by atoms with Gasteiger partial charge in [0.2, 0.25) is 10.0 Å². The molecule has 0 aliphatic carbocycles. The number of pyridine rings is 1. The quantitative estimate of drug-likeness (QED) is 0.275. The van der Waals surface area contributed by atoms with E-state index in [1.54, 1.807) is 16.6 Å². The standard InChI is InChI=1S/C30H33N5O2S/c1-20-7-9-23(10-8-20)18-34(38(36,37)27-13-11-26(12-14-27)30(4,5)6)19-25-17-24-16-21(2)15-22(3)28(24)35-29(25)31-32-33-35/h7-17H,18-19H2,1-6H3. The fraction of sp³-hybridized carbons (Fsp3) is 0.300. The van der Waals surface area contributed by atoms with Crippen LogP contribution < -0.4 is 0 Å². The highest BCUT2D eigenvalue weighted by atomic mass is 32.2. The maximum atomic E-state index is 14.1. The van der Waals surface area contributed by atoms with Crippen molar-refractivity contribution < 1.29 is 8.42 Å². The molecule has 7 nitrogen and oxygen atoms in total. The third-order valence-corrected chi connectivity index (χ3v) is 8.76. The van der Waals surface area contributed by atoms with Crippen LogP contribution in [0.2, 0.25) is 0 Å². The van der Waals surface area contributed by atoms with Crippen molar-refractivity contribution in [2.24, 2.45) is 0 Å². The van der Waals surface area contributed by atoms with E-state index >= 15 is 0 Å². The van der Waals surface area contributed by atoms with Gasteiger partial charge in [-0.25, -0.2) is 8.42 Å². The highest BCUT2D eigenvalue weighted by molar-refractivity contribution is 7.89. The number of hydrogen-bond donors (Lipinski definition) is 0.